The maximum absolute atomic E-state index is 13.2. The minimum absolute atomic E-state index is 0.133. The zero-order chi connectivity index (χ0) is 20.9. The Labute approximate surface area is 175 Å². The first kappa shape index (κ1) is 19.6. The first-order valence-corrected chi connectivity index (χ1v) is 10.0. The molecule has 1 heterocycles. The van der Waals surface area contributed by atoms with Crippen LogP contribution < -0.4 is 10.3 Å². The highest BCUT2D eigenvalue weighted by Crippen LogP contribution is 2.19. The molecule has 0 spiro atoms. The predicted molar refractivity (Wildman–Crippen MR) is 121 cm³/mol. The molecule has 5 heteroatoms. The predicted octanol–water partition coefficient (Wildman–Crippen LogP) is 5.12. The number of aromatic nitrogens is 2. The molecule has 0 fully saturated rings. The summed E-state index contributed by atoms with van der Waals surface area (Å²) < 4.78 is 7.25. The number of ether oxygens (including phenoxy) is 1. The maximum Gasteiger partial charge on any atom is 0.282 e. The zero-order valence-corrected chi connectivity index (χ0v) is 17.0. The molecule has 0 aliphatic rings. The fourth-order valence-corrected chi connectivity index (χ4v) is 3.11. The molecular formula is C25H23N3O2. The van der Waals surface area contributed by atoms with Crippen LogP contribution in [-0.2, 0) is 0 Å². The zero-order valence-electron chi connectivity index (χ0n) is 17.0. The van der Waals surface area contributed by atoms with Gasteiger partial charge in [0.1, 0.15) is 5.75 Å². The summed E-state index contributed by atoms with van der Waals surface area (Å²) in [5.41, 5.74) is 2.11. The van der Waals surface area contributed by atoms with Crippen LogP contribution in [0.4, 0.5) is 0 Å². The van der Waals surface area contributed by atoms with Gasteiger partial charge >= 0.3 is 0 Å². The molecule has 4 rings (SSSR count). The number of nitrogens with zero attached hydrogens (tertiary/aromatic N) is 3. The minimum atomic E-state index is -0.206. The quantitative estimate of drug-likeness (QED) is 0.424. The fourth-order valence-electron chi connectivity index (χ4n) is 3.11. The van der Waals surface area contributed by atoms with E-state index in [0.717, 1.165) is 23.3 Å². The second-order valence-electron chi connectivity index (χ2n) is 7.09. The number of hydrogen-bond donors (Lipinski definition) is 0. The van der Waals surface area contributed by atoms with Crippen LogP contribution in [0.25, 0.3) is 22.3 Å². The topological polar surface area (TPSA) is 56.5 Å². The van der Waals surface area contributed by atoms with Gasteiger partial charge in [-0.3, -0.25) is 4.79 Å². The van der Waals surface area contributed by atoms with Gasteiger partial charge in [0.05, 0.1) is 23.2 Å². The molecule has 3 aromatic carbocycles. The Balaban J connectivity index is 1.80. The summed E-state index contributed by atoms with van der Waals surface area (Å²) in [6.07, 6.45) is 2.72. The van der Waals surface area contributed by atoms with Crippen molar-refractivity contribution in [2.24, 2.45) is 5.10 Å². The molecule has 0 bridgehead atoms. The monoisotopic (exact) mass is 397 g/mol. The minimum Gasteiger partial charge on any atom is -0.491 e. The maximum atomic E-state index is 13.2. The van der Waals surface area contributed by atoms with Crippen molar-refractivity contribution < 1.29 is 4.74 Å². The van der Waals surface area contributed by atoms with E-state index in [1.807, 2.05) is 79.7 Å². The van der Waals surface area contributed by atoms with E-state index in [1.165, 1.54) is 4.68 Å². The molecule has 0 unspecified atom stereocenters. The molecule has 1 aromatic heterocycles. The Morgan fingerprint density at radius 3 is 2.60 bits per heavy atom. The SMILES string of the molecule is CC[C@@H](C)Oc1cccc(C=Nn2c(-c3ccccc3)nc3ccccc3c2=O)c1. The summed E-state index contributed by atoms with van der Waals surface area (Å²) in [6.45, 7) is 4.12. The molecule has 4 aromatic rings. The number of benzene rings is 3. The van der Waals surface area contributed by atoms with Gasteiger partial charge in [0, 0.05) is 5.56 Å². The van der Waals surface area contributed by atoms with Crippen molar-refractivity contribution in [1.29, 1.82) is 0 Å². The molecule has 30 heavy (non-hydrogen) atoms. The first-order valence-electron chi connectivity index (χ1n) is 10.0. The van der Waals surface area contributed by atoms with E-state index in [9.17, 15) is 4.79 Å². The van der Waals surface area contributed by atoms with E-state index >= 15 is 0 Å². The molecule has 0 saturated heterocycles. The van der Waals surface area contributed by atoms with Gasteiger partial charge in [0.2, 0.25) is 0 Å². The lowest BCUT2D eigenvalue weighted by Gasteiger charge is -2.12. The second kappa shape index (κ2) is 8.74. The summed E-state index contributed by atoms with van der Waals surface area (Å²) in [4.78, 5) is 17.9. The van der Waals surface area contributed by atoms with Crippen molar-refractivity contribution >= 4 is 17.1 Å². The average molecular weight is 397 g/mol. The normalized spacial score (nSPS) is 12.3. The lowest BCUT2D eigenvalue weighted by atomic mass is 10.2. The van der Waals surface area contributed by atoms with Crippen LogP contribution in [0.3, 0.4) is 0 Å². The number of para-hydroxylation sites is 1. The molecule has 0 aliphatic heterocycles. The fraction of sp³-hybridized carbons (Fsp3) is 0.160. The van der Waals surface area contributed by atoms with E-state index in [2.05, 4.69) is 12.0 Å². The Morgan fingerprint density at radius 1 is 1.03 bits per heavy atom. The van der Waals surface area contributed by atoms with Crippen molar-refractivity contribution in [3.8, 4) is 17.1 Å². The number of fused-ring (bicyclic) bond motifs is 1. The molecule has 0 saturated carbocycles. The average Bonchev–Trinajstić information content (AvgIpc) is 2.79. The second-order valence-corrected chi connectivity index (χ2v) is 7.09. The summed E-state index contributed by atoms with van der Waals surface area (Å²) in [6, 6.07) is 24.6. The smallest absolute Gasteiger partial charge is 0.282 e. The van der Waals surface area contributed by atoms with E-state index in [0.29, 0.717) is 16.7 Å². The standard InChI is InChI=1S/C25H23N3O2/c1-3-18(2)30-21-13-9-10-19(16-21)17-26-28-24(20-11-5-4-6-12-20)27-23-15-8-7-14-22(23)25(28)29/h4-18H,3H2,1-2H3/t18-/m1/s1. The van der Waals surface area contributed by atoms with Gasteiger partial charge in [0.15, 0.2) is 5.82 Å². The van der Waals surface area contributed by atoms with E-state index < -0.39 is 0 Å². The molecule has 0 radical (unpaired) electrons. The van der Waals surface area contributed by atoms with Gasteiger partial charge in [-0.25, -0.2) is 4.98 Å². The van der Waals surface area contributed by atoms with Crippen molar-refractivity contribution in [2.75, 3.05) is 0 Å². The van der Waals surface area contributed by atoms with Crippen molar-refractivity contribution in [2.45, 2.75) is 26.4 Å². The van der Waals surface area contributed by atoms with Gasteiger partial charge in [-0.2, -0.15) is 9.78 Å². The molecule has 0 amide bonds. The van der Waals surface area contributed by atoms with Crippen LogP contribution in [0.15, 0.2) is 88.8 Å². The molecular weight excluding hydrogens is 374 g/mol. The molecule has 0 N–H and O–H groups in total. The largest absolute Gasteiger partial charge is 0.491 e. The summed E-state index contributed by atoms with van der Waals surface area (Å²) in [7, 11) is 0. The third kappa shape index (κ3) is 4.15. The molecule has 5 nitrogen and oxygen atoms in total. The molecule has 1 atom stereocenters. The lowest BCUT2D eigenvalue weighted by molar-refractivity contribution is 0.217. The van der Waals surface area contributed by atoms with Gasteiger partial charge < -0.3 is 4.74 Å². The van der Waals surface area contributed by atoms with E-state index in [1.54, 1.807) is 12.3 Å². The van der Waals surface area contributed by atoms with Crippen LogP contribution in [0.5, 0.6) is 5.75 Å². The lowest BCUT2D eigenvalue weighted by Crippen LogP contribution is -2.20. The highest BCUT2D eigenvalue weighted by molar-refractivity contribution is 5.82. The highest BCUT2D eigenvalue weighted by Gasteiger charge is 2.12. The Bertz CT molecular complexity index is 1250. The summed E-state index contributed by atoms with van der Waals surface area (Å²) >= 11 is 0. The summed E-state index contributed by atoms with van der Waals surface area (Å²) in [5.74, 6) is 1.28. The van der Waals surface area contributed by atoms with Crippen molar-refractivity contribution in [1.82, 2.24) is 9.66 Å². The van der Waals surface area contributed by atoms with Crippen LogP contribution in [0.1, 0.15) is 25.8 Å². The first-order chi connectivity index (χ1) is 14.7. The van der Waals surface area contributed by atoms with Crippen molar-refractivity contribution in [3.05, 3.63) is 94.8 Å². The third-order valence-corrected chi connectivity index (χ3v) is 4.88. The van der Waals surface area contributed by atoms with Gasteiger partial charge in [-0.05, 0) is 43.2 Å². The van der Waals surface area contributed by atoms with Crippen molar-refractivity contribution in [3.63, 3.8) is 0 Å². The third-order valence-electron chi connectivity index (χ3n) is 4.88. The van der Waals surface area contributed by atoms with Crippen LogP contribution >= 0.6 is 0 Å². The van der Waals surface area contributed by atoms with Gasteiger partial charge in [-0.1, -0.05) is 61.5 Å². The van der Waals surface area contributed by atoms with E-state index in [4.69, 9.17) is 9.72 Å². The van der Waals surface area contributed by atoms with Crippen LogP contribution in [-0.4, -0.2) is 22.0 Å². The van der Waals surface area contributed by atoms with Crippen LogP contribution in [0.2, 0.25) is 0 Å². The Kier molecular flexibility index (Phi) is 5.70. The number of hydrogen-bond acceptors (Lipinski definition) is 4. The number of rotatable bonds is 6. The molecule has 0 aliphatic carbocycles. The van der Waals surface area contributed by atoms with Crippen LogP contribution in [0, 0.1) is 0 Å². The summed E-state index contributed by atoms with van der Waals surface area (Å²) in [5, 5.41) is 5.03. The highest BCUT2D eigenvalue weighted by atomic mass is 16.5. The van der Waals surface area contributed by atoms with Gasteiger partial charge in [0.25, 0.3) is 5.56 Å². The van der Waals surface area contributed by atoms with E-state index in [-0.39, 0.29) is 11.7 Å². The Morgan fingerprint density at radius 2 is 1.80 bits per heavy atom. The Hall–Kier alpha value is -3.73. The van der Waals surface area contributed by atoms with Gasteiger partial charge in [-0.15, -0.1) is 0 Å². The molecule has 150 valence electrons.